The summed E-state index contributed by atoms with van der Waals surface area (Å²) < 4.78 is 4.60. The molecule has 1 aromatic rings. The Morgan fingerprint density at radius 2 is 2.00 bits per heavy atom. The Hall–Kier alpha value is -1.81. The van der Waals surface area contributed by atoms with Crippen LogP contribution in [0.25, 0.3) is 0 Å². The lowest BCUT2D eigenvalue weighted by Gasteiger charge is -2.25. The van der Waals surface area contributed by atoms with Gasteiger partial charge in [0.2, 0.25) is 0 Å². The molecule has 0 saturated carbocycles. The Kier molecular flexibility index (Phi) is 3.37. The molecule has 1 atom stereocenters. The molecule has 0 heterocycles. The van der Waals surface area contributed by atoms with Gasteiger partial charge in [-0.15, -0.1) is 0 Å². The number of aliphatic hydroxyl groups is 1. The number of benzene rings is 1. The summed E-state index contributed by atoms with van der Waals surface area (Å²) in [6.07, 6.45) is 0.206. The lowest BCUT2D eigenvalue weighted by Crippen LogP contribution is -2.30. The quantitative estimate of drug-likeness (QED) is 0.818. The summed E-state index contributed by atoms with van der Waals surface area (Å²) in [4.78, 5) is 11.6. The van der Waals surface area contributed by atoms with Crippen LogP contribution in [0, 0.1) is 5.41 Å². The molecule has 0 aromatic heterocycles. The normalized spacial score (nSPS) is 22.8. The minimum absolute atomic E-state index is 0.0417. The molecule has 2 rings (SSSR count). The van der Waals surface area contributed by atoms with Crippen molar-refractivity contribution in [3.63, 3.8) is 0 Å². The Bertz CT molecular complexity index is 577. The number of carbonyl (C=O) groups excluding carboxylic acids is 1. The van der Waals surface area contributed by atoms with E-state index in [2.05, 4.69) is 4.74 Å². The number of carbonyl (C=O) groups is 1. The van der Waals surface area contributed by atoms with E-state index in [1.165, 1.54) is 7.11 Å². The molecule has 0 aliphatic heterocycles. The van der Waals surface area contributed by atoms with Gasteiger partial charge in [-0.25, -0.2) is 4.79 Å². The van der Waals surface area contributed by atoms with Crippen molar-refractivity contribution in [3.8, 4) is 0 Å². The van der Waals surface area contributed by atoms with Crippen LogP contribution in [0.5, 0.6) is 0 Å². The lowest BCUT2D eigenvalue weighted by molar-refractivity contribution is -0.135. The first kappa shape index (κ1) is 13.6. The van der Waals surface area contributed by atoms with Crippen molar-refractivity contribution in [1.29, 1.82) is 5.41 Å². The standard InChI is InChI=1S/C14H14ClNO3/c1-14(8-3-5-9(15)6-4-8)7-10(17)11(12(14)16)13(18)19-2/h3-6,16-17H,7H2,1-2H3. The van der Waals surface area contributed by atoms with Crippen molar-refractivity contribution in [2.45, 2.75) is 18.8 Å². The topological polar surface area (TPSA) is 70.4 Å². The summed E-state index contributed by atoms with van der Waals surface area (Å²) >= 11 is 5.84. The number of hydrogen-bond acceptors (Lipinski definition) is 4. The molecule has 1 aliphatic rings. The average Bonchev–Trinajstić information content (AvgIpc) is 2.61. The van der Waals surface area contributed by atoms with Crippen LogP contribution in [-0.4, -0.2) is 23.9 Å². The number of hydrogen-bond donors (Lipinski definition) is 2. The Balaban J connectivity index is 2.42. The predicted octanol–water partition coefficient (Wildman–Crippen LogP) is 3.01. The first-order valence-electron chi connectivity index (χ1n) is 5.76. The van der Waals surface area contributed by atoms with Crippen molar-refractivity contribution in [2.24, 2.45) is 0 Å². The second kappa shape index (κ2) is 4.70. The molecule has 1 unspecified atom stereocenters. The van der Waals surface area contributed by atoms with Crippen molar-refractivity contribution in [1.82, 2.24) is 0 Å². The largest absolute Gasteiger partial charge is 0.511 e. The van der Waals surface area contributed by atoms with Gasteiger partial charge in [0.05, 0.1) is 12.8 Å². The summed E-state index contributed by atoms with van der Waals surface area (Å²) in [6.45, 7) is 1.81. The molecule has 0 bridgehead atoms. The summed E-state index contributed by atoms with van der Waals surface area (Å²) in [6, 6.07) is 7.04. The van der Waals surface area contributed by atoms with Crippen LogP contribution >= 0.6 is 11.6 Å². The van der Waals surface area contributed by atoms with E-state index in [1.807, 2.05) is 6.92 Å². The molecule has 4 nitrogen and oxygen atoms in total. The van der Waals surface area contributed by atoms with Crippen LogP contribution < -0.4 is 0 Å². The van der Waals surface area contributed by atoms with E-state index in [1.54, 1.807) is 24.3 Å². The van der Waals surface area contributed by atoms with Gasteiger partial charge in [-0.3, -0.25) is 0 Å². The summed E-state index contributed by atoms with van der Waals surface area (Å²) in [5, 5.41) is 18.7. The van der Waals surface area contributed by atoms with Gasteiger partial charge in [0.25, 0.3) is 0 Å². The molecule has 5 heteroatoms. The minimum atomic E-state index is -0.738. The summed E-state index contributed by atoms with van der Waals surface area (Å²) in [5.41, 5.74) is 0.115. The smallest absolute Gasteiger partial charge is 0.343 e. The van der Waals surface area contributed by atoms with E-state index >= 15 is 0 Å². The fraction of sp³-hybridized carbons (Fsp3) is 0.286. The number of halogens is 1. The fourth-order valence-electron chi connectivity index (χ4n) is 2.32. The van der Waals surface area contributed by atoms with Crippen LogP contribution in [0.3, 0.4) is 0 Å². The zero-order valence-corrected chi connectivity index (χ0v) is 11.4. The highest BCUT2D eigenvalue weighted by Crippen LogP contribution is 2.41. The van der Waals surface area contributed by atoms with Gasteiger partial charge in [0, 0.05) is 16.9 Å². The van der Waals surface area contributed by atoms with Crippen molar-refractivity contribution < 1.29 is 14.6 Å². The Morgan fingerprint density at radius 1 is 1.42 bits per heavy atom. The number of rotatable bonds is 2. The molecule has 0 radical (unpaired) electrons. The monoisotopic (exact) mass is 279 g/mol. The minimum Gasteiger partial charge on any atom is -0.511 e. The van der Waals surface area contributed by atoms with Crippen LogP contribution in [0.4, 0.5) is 0 Å². The molecule has 0 spiro atoms. The van der Waals surface area contributed by atoms with E-state index < -0.39 is 11.4 Å². The van der Waals surface area contributed by atoms with Gasteiger partial charge in [-0.1, -0.05) is 23.7 Å². The molecule has 0 saturated heterocycles. The third-order valence-corrected chi connectivity index (χ3v) is 3.73. The Labute approximate surface area is 116 Å². The van der Waals surface area contributed by atoms with Crippen molar-refractivity contribution >= 4 is 23.3 Å². The summed E-state index contributed by atoms with van der Waals surface area (Å²) in [5.74, 6) is -0.783. The van der Waals surface area contributed by atoms with Crippen LogP contribution in [-0.2, 0) is 14.9 Å². The number of ether oxygens (including phenoxy) is 1. The second-order valence-electron chi connectivity index (χ2n) is 4.70. The first-order chi connectivity index (χ1) is 8.90. The zero-order chi connectivity index (χ0) is 14.2. The number of esters is 1. The third kappa shape index (κ3) is 2.12. The van der Waals surface area contributed by atoms with Gasteiger partial charge in [-0.2, -0.15) is 0 Å². The highest BCUT2D eigenvalue weighted by atomic mass is 35.5. The van der Waals surface area contributed by atoms with Gasteiger partial charge in [0.15, 0.2) is 0 Å². The molecule has 100 valence electrons. The highest BCUT2D eigenvalue weighted by molar-refractivity contribution is 6.30. The van der Waals surface area contributed by atoms with Crippen LogP contribution in [0.2, 0.25) is 5.02 Å². The van der Waals surface area contributed by atoms with E-state index in [0.717, 1.165) is 5.56 Å². The van der Waals surface area contributed by atoms with Crippen molar-refractivity contribution in [2.75, 3.05) is 7.11 Å². The molecule has 1 aromatic carbocycles. The maximum absolute atomic E-state index is 11.6. The van der Waals surface area contributed by atoms with E-state index in [-0.39, 0.29) is 23.5 Å². The van der Waals surface area contributed by atoms with Gasteiger partial charge in [0.1, 0.15) is 11.3 Å². The zero-order valence-electron chi connectivity index (χ0n) is 10.7. The second-order valence-corrected chi connectivity index (χ2v) is 5.14. The molecule has 2 N–H and O–H groups in total. The lowest BCUT2D eigenvalue weighted by atomic mass is 9.78. The van der Waals surface area contributed by atoms with E-state index in [4.69, 9.17) is 17.0 Å². The number of methoxy groups -OCH3 is 1. The fourth-order valence-corrected chi connectivity index (χ4v) is 2.44. The van der Waals surface area contributed by atoms with Crippen LogP contribution in [0.15, 0.2) is 35.6 Å². The number of aliphatic hydroxyl groups excluding tert-OH is 1. The SMILES string of the molecule is COC(=O)C1=C(O)CC(C)(c2ccc(Cl)cc2)C1=N. The Morgan fingerprint density at radius 3 is 2.53 bits per heavy atom. The third-order valence-electron chi connectivity index (χ3n) is 3.48. The van der Waals surface area contributed by atoms with E-state index in [0.29, 0.717) is 5.02 Å². The predicted molar refractivity (Wildman–Crippen MR) is 72.8 cm³/mol. The molecule has 0 fully saturated rings. The van der Waals surface area contributed by atoms with Gasteiger partial charge < -0.3 is 15.3 Å². The van der Waals surface area contributed by atoms with Gasteiger partial charge >= 0.3 is 5.97 Å². The van der Waals surface area contributed by atoms with Crippen LogP contribution in [0.1, 0.15) is 18.9 Å². The number of allylic oxidation sites excluding steroid dienone is 1. The van der Waals surface area contributed by atoms with Gasteiger partial charge in [-0.05, 0) is 24.6 Å². The molecule has 1 aliphatic carbocycles. The molecule has 19 heavy (non-hydrogen) atoms. The van der Waals surface area contributed by atoms with Crippen molar-refractivity contribution in [3.05, 3.63) is 46.2 Å². The van der Waals surface area contributed by atoms with E-state index in [9.17, 15) is 9.90 Å². The molecule has 0 amide bonds. The highest BCUT2D eigenvalue weighted by Gasteiger charge is 2.44. The maximum atomic E-state index is 11.6. The number of nitrogens with one attached hydrogen (secondary N) is 1. The maximum Gasteiger partial charge on any atom is 0.343 e. The summed E-state index contributed by atoms with van der Waals surface area (Å²) in [7, 11) is 1.23. The molecular weight excluding hydrogens is 266 g/mol. The molecular formula is C14H14ClNO3. The average molecular weight is 280 g/mol. The first-order valence-corrected chi connectivity index (χ1v) is 6.14.